The van der Waals surface area contributed by atoms with Gasteiger partial charge in [0, 0.05) is 0 Å². The summed E-state index contributed by atoms with van der Waals surface area (Å²) in [6.07, 6.45) is 3.07. The number of aromatic nitrogens is 2. The number of piperidine rings is 1. The maximum atomic E-state index is 12.2. The number of carbonyl (C=O) groups is 1. The Balaban J connectivity index is 1.82. The van der Waals surface area contributed by atoms with Crippen molar-refractivity contribution in [3.63, 3.8) is 0 Å². The van der Waals surface area contributed by atoms with E-state index >= 15 is 0 Å². The molecule has 0 unspecified atom stereocenters. The second-order valence-corrected chi connectivity index (χ2v) is 6.32. The van der Waals surface area contributed by atoms with Gasteiger partial charge in [-0.3, -0.25) is 9.69 Å². The number of carbonyl (C=O) groups excluding carboxylic acids is 1. The molecule has 1 fully saturated rings. The number of benzene rings is 1. The number of aromatic amines is 1. The Morgan fingerprint density at radius 2 is 2.22 bits per heavy atom. The van der Waals surface area contributed by atoms with Crippen LogP contribution in [0.25, 0.3) is 11.0 Å². The van der Waals surface area contributed by atoms with Crippen molar-refractivity contribution in [1.82, 2.24) is 14.9 Å². The molecule has 0 amide bonds. The van der Waals surface area contributed by atoms with E-state index < -0.39 is 0 Å². The van der Waals surface area contributed by atoms with Gasteiger partial charge in [-0.05, 0) is 57.4 Å². The zero-order valence-electron chi connectivity index (χ0n) is 14.2. The molecule has 1 aromatic heterocycles. The summed E-state index contributed by atoms with van der Waals surface area (Å²) >= 11 is 0. The molecule has 1 atom stereocenters. The highest BCUT2D eigenvalue weighted by Gasteiger charge is 2.30. The number of ether oxygens (including phenoxy) is 1. The number of hydrogen-bond acceptors (Lipinski definition) is 4. The highest BCUT2D eigenvalue weighted by molar-refractivity contribution is 5.80. The fourth-order valence-corrected chi connectivity index (χ4v) is 3.32. The van der Waals surface area contributed by atoms with E-state index in [1.54, 1.807) is 0 Å². The molecule has 0 saturated carbocycles. The number of H-pyrrole nitrogens is 1. The zero-order chi connectivity index (χ0) is 16.4. The van der Waals surface area contributed by atoms with E-state index in [4.69, 9.17) is 9.72 Å². The largest absolute Gasteiger partial charge is 0.465 e. The second kappa shape index (κ2) is 6.71. The fourth-order valence-electron chi connectivity index (χ4n) is 3.32. The molecule has 0 aliphatic carbocycles. The highest BCUT2D eigenvalue weighted by atomic mass is 16.5. The predicted octanol–water partition coefficient (Wildman–Crippen LogP) is 3.10. The van der Waals surface area contributed by atoms with Crippen LogP contribution in [0.4, 0.5) is 0 Å². The average molecular weight is 315 g/mol. The van der Waals surface area contributed by atoms with Crippen LogP contribution in [-0.4, -0.2) is 40.0 Å². The molecular weight excluding hydrogens is 290 g/mol. The SMILES string of the molecule is CCOC(=O)[C@H]1CCCCN1Cc1nc2c(C)c(C)ccc2[nH]1. The number of nitrogens with zero attached hydrogens (tertiary/aromatic N) is 2. The molecule has 0 bridgehead atoms. The van der Waals surface area contributed by atoms with Crippen LogP contribution >= 0.6 is 0 Å². The minimum Gasteiger partial charge on any atom is -0.465 e. The van der Waals surface area contributed by atoms with Crippen LogP contribution < -0.4 is 0 Å². The zero-order valence-corrected chi connectivity index (χ0v) is 14.2. The van der Waals surface area contributed by atoms with E-state index in [9.17, 15) is 4.79 Å². The van der Waals surface area contributed by atoms with Crippen LogP contribution in [0.3, 0.4) is 0 Å². The average Bonchev–Trinajstić information content (AvgIpc) is 2.95. The number of aryl methyl sites for hydroxylation is 2. The lowest BCUT2D eigenvalue weighted by atomic mass is 10.0. The van der Waals surface area contributed by atoms with Crippen LogP contribution in [0.1, 0.15) is 43.1 Å². The Kier molecular flexibility index (Phi) is 4.66. The number of esters is 1. The fraction of sp³-hybridized carbons (Fsp3) is 0.556. The van der Waals surface area contributed by atoms with Gasteiger partial charge in [0.05, 0.1) is 24.2 Å². The third-order valence-corrected chi connectivity index (χ3v) is 4.75. The van der Waals surface area contributed by atoms with Crippen LogP contribution in [0, 0.1) is 13.8 Å². The van der Waals surface area contributed by atoms with E-state index in [1.807, 2.05) is 6.92 Å². The number of imidazole rings is 1. The van der Waals surface area contributed by atoms with Crippen molar-refractivity contribution in [2.45, 2.75) is 52.6 Å². The van der Waals surface area contributed by atoms with Crippen molar-refractivity contribution >= 4 is 17.0 Å². The van der Waals surface area contributed by atoms with Gasteiger partial charge in [0.25, 0.3) is 0 Å². The van der Waals surface area contributed by atoms with Gasteiger partial charge in [0.1, 0.15) is 11.9 Å². The summed E-state index contributed by atoms with van der Waals surface area (Å²) in [7, 11) is 0. The van der Waals surface area contributed by atoms with Crippen LogP contribution in [0.15, 0.2) is 12.1 Å². The van der Waals surface area contributed by atoms with Crippen LogP contribution in [0.2, 0.25) is 0 Å². The number of nitrogens with one attached hydrogen (secondary N) is 1. The van der Waals surface area contributed by atoms with Gasteiger partial charge in [-0.15, -0.1) is 0 Å². The molecule has 0 spiro atoms. The molecule has 5 nitrogen and oxygen atoms in total. The van der Waals surface area contributed by atoms with E-state index in [-0.39, 0.29) is 12.0 Å². The molecule has 3 rings (SSSR count). The van der Waals surface area contributed by atoms with Gasteiger partial charge in [0.15, 0.2) is 0 Å². The van der Waals surface area contributed by atoms with E-state index in [0.29, 0.717) is 13.2 Å². The molecule has 1 saturated heterocycles. The molecule has 1 aliphatic rings. The number of hydrogen-bond donors (Lipinski definition) is 1. The van der Waals surface area contributed by atoms with Gasteiger partial charge in [-0.2, -0.15) is 0 Å². The standard InChI is InChI=1S/C18H25N3O2/c1-4-23-18(22)15-7-5-6-10-21(15)11-16-19-14-9-8-12(2)13(3)17(14)20-16/h8-9,15H,4-7,10-11H2,1-3H3,(H,19,20)/t15-/m1/s1. The van der Waals surface area contributed by atoms with Crippen LogP contribution in [0.5, 0.6) is 0 Å². The van der Waals surface area contributed by atoms with Crippen molar-refractivity contribution in [3.05, 3.63) is 29.1 Å². The van der Waals surface area contributed by atoms with Gasteiger partial charge in [-0.25, -0.2) is 4.98 Å². The molecule has 2 aromatic rings. The minimum atomic E-state index is -0.139. The van der Waals surface area contributed by atoms with Crippen molar-refractivity contribution in [2.24, 2.45) is 0 Å². The normalized spacial score (nSPS) is 19.2. The molecule has 2 heterocycles. The summed E-state index contributed by atoms with van der Waals surface area (Å²) in [4.78, 5) is 22.5. The Hall–Kier alpha value is -1.88. The van der Waals surface area contributed by atoms with Gasteiger partial charge in [0.2, 0.25) is 0 Å². The smallest absolute Gasteiger partial charge is 0.323 e. The molecule has 1 aliphatic heterocycles. The summed E-state index contributed by atoms with van der Waals surface area (Å²) in [5, 5.41) is 0. The first-order valence-corrected chi connectivity index (χ1v) is 8.45. The van der Waals surface area contributed by atoms with Gasteiger partial charge < -0.3 is 9.72 Å². The Morgan fingerprint density at radius 3 is 3.00 bits per heavy atom. The lowest BCUT2D eigenvalue weighted by Crippen LogP contribution is -2.45. The summed E-state index contributed by atoms with van der Waals surface area (Å²) < 4.78 is 5.23. The van der Waals surface area contributed by atoms with E-state index in [0.717, 1.165) is 42.7 Å². The Morgan fingerprint density at radius 1 is 1.39 bits per heavy atom. The first kappa shape index (κ1) is 16.0. The third kappa shape index (κ3) is 3.24. The summed E-state index contributed by atoms with van der Waals surface area (Å²) in [6.45, 7) is 8.08. The van der Waals surface area contributed by atoms with Gasteiger partial charge >= 0.3 is 5.97 Å². The predicted molar refractivity (Wildman–Crippen MR) is 90.2 cm³/mol. The van der Waals surface area contributed by atoms with Gasteiger partial charge in [-0.1, -0.05) is 12.5 Å². The third-order valence-electron chi connectivity index (χ3n) is 4.75. The van der Waals surface area contributed by atoms with Crippen molar-refractivity contribution in [3.8, 4) is 0 Å². The summed E-state index contributed by atoms with van der Waals surface area (Å²) in [6, 6.07) is 4.05. The molecule has 5 heteroatoms. The van der Waals surface area contributed by atoms with Crippen LogP contribution in [-0.2, 0) is 16.1 Å². The first-order valence-electron chi connectivity index (χ1n) is 8.45. The van der Waals surface area contributed by atoms with E-state index in [2.05, 4.69) is 35.9 Å². The molecule has 1 N–H and O–H groups in total. The molecule has 1 aromatic carbocycles. The molecule has 23 heavy (non-hydrogen) atoms. The molecular formula is C18H25N3O2. The summed E-state index contributed by atoms with van der Waals surface area (Å²) in [5.41, 5.74) is 4.56. The van der Waals surface area contributed by atoms with E-state index in [1.165, 1.54) is 11.1 Å². The number of rotatable bonds is 4. The summed E-state index contributed by atoms with van der Waals surface area (Å²) in [5.74, 6) is 0.820. The lowest BCUT2D eigenvalue weighted by Gasteiger charge is -2.33. The minimum absolute atomic E-state index is 0.102. The Labute approximate surface area is 137 Å². The number of fused-ring (bicyclic) bond motifs is 1. The number of likely N-dealkylation sites (tertiary alicyclic amines) is 1. The molecule has 0 radical (unpaired) electrons. The quantitative estimate of drug-likeness (QED) is 0.881. The lowest BCUT2D eigenvalue weighted by molar-refractivity contribution is -0.151. The van der Waals surface area contributed by atoms with Crippen molar-refractivity contribution in [2.75, 3.05) is 13.2 Å². The topological polar surface area (TPSA) is 58.2 Å². The first-order chi connectivity index (χ1) is 11.1. The maximum absolute atomic E-state index is 12.2. The maximum Gasteiger partial charge on any atom is 0.323 e. The van der Waals surface area contributed by atoms with Crippen molar-refractivity contribution < 1.29 is 9.53 Å². The molecule has 124 valence electrons. The second-order valence-electron chi connectivity index (χ2n) is 6.32. The Bertz CT molecular complexity index is 708. The highest BCUT2D eigenvalue weighted by Crippen LogP contribution is 2.23. The monoisotopic (exact) mass is 315 g/mol. The van der Waals surface area contributed by atoms with Crippen molar-refractivity contribution in [1.29, 1.82) is 0 Å².